The Balaban J connectivity index is 2.02. The van der Waals surface area contributed by atoms with Crippen LogP contribution in [0.3, 0.4) is 0 Å². The number of aliphatic hydroxyl groups excluding tert-OH is 1. The highest BCUT2D eigenvalue weighted by atomic mass is 32.1. The number of rotatable bonds is 3. The molecule has 0 saturated carbocycles. The molecule has 2 N–H and O–H groups in total. The Bertz CT molecular complexity index is 489. The molecule has 1 aliphatic heterocycles. The molecule has 2 heterocycles. The summed E-state index contributed by atoms with van der Waals surface area (Å²) < 4.78 is 7.57. The number of aromatic nitrogens is 2. The summed E-state index contributed by atoms with van der Waals surface area (Å²) in [5.74, 6) is 0. The van der Waals surface area contributed by atoms with Gasteiger partial charge in [-0.3, -0.25) is 0 Å². The van der Waals surface area contributed by atoms with Gasteiger partial charge in [0, 0.05) is 25.3 Å². The third kappa shape index (κ3) is 2.98. The zero-order chi connectivity index (χ0) is 13.8. The fourth-order valence-corrected chi connectivity index (χ4v) is 2.78. The summed E-state index contributed by atoms with van der Waals surface area (Å²) in [5.41, 5.74) is 0.791. The smallest absolute Gasteiger partial charge is 0.409 e. The highest BCUT2D eigenvalue weighted by Crippen LogP contribution is 2.25. The highest BCUT2D eigenvalue weighted by Gasteiger charge is 2.25. The van der Waals surface area contributed by atoms with E-state index in [9.17, 15) is 9.90 Å². The van der Waals surface area contributed by atoms with Crippen LogP contribution in [0, 0.1) is 4.77 Å². The van der Waals surface area contributed by atoms with Crippen LogP contribution >= 0.6 is 12.2 Å². The number of H-pyrrole nitrogens is 1. The van der Waals surface area contributed by atoms with Crippen molar-refractivity contribution >= 4 is 18.3 Å². The Morgan fingerprint density at radius 1 is 1.58 bits per heavy atom. The van der Waals surface area contributed by atoms with E-state index in [-0.39, 0.29) is 18.7 Å². The SMILES string of the molecule is CCOC(=O)N1CCC(n2c(CO)c[nH]c2=S)CC1. The minimum absolute atomic E-state index is 0.0365. The fourth-order valence-electron chi connectivity index (χ4n) is 2.46. The van der Waals surface area contributed by atoms with E-state index >= 15 is 0 Å². The molecule has 1 saturated heterocycles. The molecular formula is C12H19N3O3S. The van der Waals surface area contributed by atoms with Crippen LogP contribution < -0.4 is 0 Å². The van der Waals surface area contributed by atoms with Crippen LogP contribution in [0.4, 0.5) is 4.79 Å². The van der Waals surface area contributed by atoms with Crippen molar-refractivity contribution in [1.82, 2.24) is 14.5 Å². The lowest BCUT2D eigenvalue weighted by molar-refractivity contribution is 0.0919. The molecule has 106 valence electrons. The van der Waals surface area contributed by atoms with E-state index in [4.69, 9.17) is 17.0 Å². The number of aromatic amines is 1. The number of piperidine rings is 1. The van der Waals surface area contributed by atoms with E-state index in [2.05, 4.69) is 4.98 Å². The monoisotopic (exact) mass is 285 g/mol. The second-order valence-electron chi connectivity index (χ2n) is 4.53. The lowest BCUT2D eigenvalue weighted by Crippen LogP contribution is -2.39. The zero-order valence-corrected chi connectivity index (χ0v) is 11.8. The Morgan fingerprint density at radius 2 is 2.26 bits per heavy atom. The summed E-state index contributed by atoms with van der Waals surface area (Å²) >= 11 is 5.23. The van der Waals surface area contributed by atoms with E-state index in [0.29, 0.717) is 24.5 Å². The Labute approximate surface area is 117 Å². The van der Waals surface area contributed by atoms with Gasteiger partial charge in [-0.15, -0.1) is 0 Å². The van der Waals surface area contributed by atoms with E-state index in [1.54, 1.807) is 18.0 Å². The topological polar surface area (TPSA) is 70.5 Å². The van der Waals surface area contributed by atoms with Crippen molar-refractivity contribution in [1.29, 1.82) is 0 Å². The van der Waals surface area contributed by atoms with Gasteiger partial charge in [-0.05, 0) is 32.0 Å². The predicted molar refractivity (Wildman–Crippen MR) is 72.4 cm³/mol. The fraction of sp³-hybridized carbons (Fsp3) is 0.667. The molecule has 0 spiro atoms. The first-order valence-corrected chi connectivity index (χ1v) is 6.89. The third-order valence-electron chi connectivity index (χ3n) is 3.41. The van der Waals surface area contributed by atoms with Gasteiger partial charge in [0.05, 0.1) is 18.9 Å². The van der Waals surface area contributed by atoms with Gasteiger partial charge in [0.1, 0.15) is 0 Å². The predicted octanol–water partition coefficient (Wildman–Crippen LogP) is 1.83. The van der Waals surface area contributed by atoms with E-state index in [1.807, 2.05) is 4.57 Å². The third-order valence-corrected chi connectivity index (χ3v) is 3.72. The molecule has 0 atom stereocenters. The molecule has 0 unspecified atom stereocenters. The molecule has 0 bridgehead atoms. The summed E-state index contributed by atoms with van der Waals surface area (Å²) in [6, 6.07) is 0.228. The molecule has 1 aliphatic rings. The average molecular weight is 285 g/mol. The average Bonchev–Trinajstić information content (AvgIpc) is 2.80. The first-order valence-electron chi connectivity index (χ1n) is 6.48. The molecule has 1 fully saturated rings. The molecule has 0 radical (unpaired) electrons. The largest absolute Gasteiger partial charge is 0.450 e. The van der Waals surface area contributed by atoms with Crippen molar-refractivity contribution in [3.05, 3.63) is 16.7 Å². The molecule has 1 aromatic rings. The number of carbonyl (C=O) groups excluding carboxylic acids is 1. The number of nitrogens with zero attached hydrogens (tertiary/aromatic N) is 2. The maximum atomic E-state index is 11.6. The number of aliphatic hydroxyl groups is 1. The summed E-state index contributed by atoms with van der Waals surface area (Å²) in [5, 5.41) is 9.30. The first kappa shape index (κ1) is 14.1. The van der Waals surface area contributed by atoms with Gasteiger partial charge in [-0.2, -0.15) is 0 Å². The Morgan fingerprint density at radius 3 is 2.84 bits per heavy atom. The van der Waals surface area contributed by atoms with Crippen LogP contribution in [0.1, 0.15) is 31.5 Å². The molecule has 1 aromatic heterocycles. The van der Waals surface area contributed by atoms with Gasteiger partial charge in [-0.1, -0.05) is 0 Å². The van der Waals surface area contributed by atoms with Gasteiger partial charge in [0.2, 0.25) is 0 Å². The molecule has 6 nitrogen and oxygen atoms in total. The van der Waals surface area contributed by atoms with Crippen LogP contribution in [0.5, 0.6) is 0 Å². The number of ether oxygens (including phenoxy) is 1. The summed E-state index contributed by atoms with van der Waals surface area (Å²) in [7, 11) is 0. The first-order chi connectivity index (χ1) is 9.17. The van der Waals surface area contributed by atoms with Crippen LogP contribution in [0.2, 0.25) is 0 Å². The molecule has 1 amide bonds. The number of hydrogen-bond acceptors (Lipinski definition) is 4. The van der Waals surface area contributed by atoms with Crippen molar-refractivity contribution in [3.63, 3.8) is 0 Å². The highest BCUT2D eigenvalue weighted by molar-refractivity contribution is 7.71. The number of carbonyl (C=O) groups is 1. The minimum atomic E-state index is -0.249. The normalized spacial score (nSPS) is 16.6. The summed E-state index contributed by atoms with van der Waals surface area (Å²) in [6.45, 7) is 3.47. The van der Waals surface area contributed by atoms with E-state index in [0.717, 1.165) is 18.5 Å². The Hall–Kier alpha value is -1.34. The molecule has 0 aromatic carbocycles. The van der Waals surface area contributed by atoms with Crippen molar-refractivity contribution in [2.75, 3.05) is 19.7 Å². The van der Waals surface area contributed by atoms with Gasteiger partial charge in [0.15, 0.2) is 4.77 Å². The second-order valence-corrected chi connectivity index (χ2v) is 4.92. The van der Waals surface area contributed by atoms with E-state index < -0.39 is 0 Å². The van der Waals surface area contributed by atoms with Crippen LogP contribution in [0.25, 0.3) is 0 Å². The number of nitrogens with one attached hydrogen (secondary N) is 1. The summed E-state index contributed by atoms with van der Waals surface area (Å²) in [6.07, 6.45) is 3.12. The van der Waals surface area contributed by atoms with Crippen molar-refractivity contribution in [3.8, 4) is 0 Å². The number of hydrogen-bond donors (Lipinski definition) is 2. The number of amides is 1. The second kappa shape index (κ2) is 6.21. The molecule has 7 heteroatoms. The maximum absolute atomic E-state index is 11.6. The van der Waals surface area contributed by atoms with Crippen LogP contribution in [-0.4, -0.2) is 45.3 Å². The lowest BCUT2D eigenvalue weighted by atomic mass is 10.1. The van der Waals surface area contributed by atoms with E-state index in [1.165, 1.54) is 0 Å². The van der Waals surface area contributed by atoms with Gasteiger partial charge >= 0.3 is 6.09 Å². The lowest BCUT2D eigenvalue weighted by Gasteiger charge is -2.32. The number of likely N-dealkylation sites (tertiary alicyclic amines) is 1. The van der Waals surface area contributed by atoms with Crippen molar-refractivity contribution in [2.45, 2.75) is 32.4 Å². The van der Waals surface area contributed by atoms with Gasteiger partial charge < -0.3 is 24.3 Å². The standard InChI is InChI=1S/C12H19N3O3S/c1-2-18-12(17)14-5-3-9(4-6-14)15-10(8-16)7-13-11(15)19/h7,9,16H,2-6,8H2,1H3,(H,13,19). The Kier molecular flexibility index (Phi) is 4.60. The van der Waals surface area contributed by atoms with Crippen LogP contribution in [0.15, 0.2) is 6.20 Å². The zero-order valence-electron chi connectivity index (χ0n) is 11.0. The quantitative estimate of drug-likeness (QED) is 0.831. The van der Waals surface area contributed by atoms with Crippen LogP contribution in [-0.2, 0) is 11.3 Å². The molecule has 2 rings (SSSR count). The minimum Gasteiger partial charge on any atom is -0.450 e. The van der Waals surface area contributed by atoms with Gasteiger partial charge in [-0.25, -0.2) is 4.79 Å². The molecule has 19 heavy (non-hydrogen) atoms. The number of imidazole rings is 1. The molecular weight excluding hydrogens is 266 g/mol. The van der Waals surface area contributed by atoms with Gasteiger partial charge in [0.25, 0.3) is 0 Å². The maximum Gasteiger partial charge on any atom is 0.409 e. The van der Waals surface area contributed by atoms with Crippen molar-refractivity contribution < 1.29 is 14.6 Å². The van der Waals surface area contributed by atoms with Crippen molar-refractivity contribution in [2.24, 2.45) is 0 Å². The molecule has 0 aliphatic carbocycles. The summed E-state index contributed by atoms with van der Waals surface area (Å²) in [4.78, 5) is 16.3.